The van der Waals surface area contributed by atoms with Gasteiger partial charge >= 0.3 is 0 Å². The molecule has 148 valence electrons. The molecule has 0 aromatic rings. The molecule has 2 rings (SSSR count). The molecular formula is C20H44OP2Si2. The largest absolute Gasteiger partial charge is 0.383 e. The molecular weight excluding hydrogens is 374 g/mol. The van der Waals surface area contributed by atoms with Crippen LogP contribution in [0.2, 0.25) is 13.1 Å². The average Bonchev–Trinajstić information content (AvgIpc) is 2.99. The molecule has 25 heavy (non-hydrogen) atoms. The molecule has 0 aromatic carbocycles. The first-order valence-electron chi connectivity index (χ1n) is 11.3. The van der Waals surface area contributed by atoms with Gasteiger partial charge in [0.05, 0.1) is 19.0 Å². The first-order valence-corrected chi connectivity index (χ1v) is 18.6. The summed E-state index contributed by atoms with van der Waals surface area (Å²) >= 11 is 0. The van der Waals surface area contributed by atoms with Crippen molar-refractivity contribution >= 4 is 36.2 Å². The zero-order valence-electron chi connectivity index (χ0n) is 17.4. The monoisotopic (exact) mass is 418 g/mol. The van der Waals surface area contributed by atoms with Gasteiger partial charge in [0.2, 0.25) is 0 Å². The molecule has 8 atom stereocenters. The van der Waals surface area contributed by atoms with Crippen LogP contribution in [0.3, 0.4) is 0 Å². The van der Waals surface area contributed by atoms with Crippen molar-refractivity contribution in [3.05, 3.63) is 0 Å². The van der Waals surface area contributed by atoms with E-state index in [0.29, 0.717) is 0 Å². The van der Waals surface area contributed by atoms with Crippen molar-refractivity contribution in [1.82, 2.24) is 0 Å². The summed E-state index contributed by atoms with van der Waals surface area (Å²) in [6.07, 6.45) is 14.9. The predicted molar refractivity (Wildman–Crippen MR) is 127 cm³/mol. The van der Waals surface area contributed by atoms with E-state index in [1.54, 1.807) is 25.2 Å². The van der Waals surface area contributed by atoms with Crippen LogP contribution in [0.25, 0.3) is 0 Å². The molecule has 1 aliphatic carbocycles. The molecule has 2 aliphatic rings. The first kappa shape index (κ1) is 22.5. The van der Waals surface area contributed by atoms with E-state index in [0.717, 1.165) is 35.1 Å². The summed E-state index contributed by atoms with van der Waals surface area (Å²) in [5.41, 5.74) is 1.49. The first-order chi connectivity index (χ1) is 12.2. The van der Waals surface area contributed by atoms with Gasteiger partial charge < -0.3 is 4.74 Å². The highest BCUT2D eigenvalue weighted by atomic mass is 31.1. The fourth-order valence-electron chi connectivity index (χ4n) is 5.19. The van der Waals surface area contributed by atoms with Gasteiger partial charge in [0.25, 0.3) is 0 Å². The molecule has 1 heterocycles. The lowest BCUT2D eigenvalue weighted by atomic mass is 9.70. The van der Waals surface area contributed by atoms with Gasteiger partial charge in [-0.25, -0.2) is 0 Å². The second-order valence-corrected chi connectivity index (χ2v) is 14.5. The van der Waals surface area contributed by atoms with E-state index in [1.165, 1.54) is 55.2 Å². The molecule has 0 amide bonds. The number of rotatable bonds is 12. The summed E-state index contributed by atoms with van der Waals surface area (Å²) in [5, 5.41) is 0. The Hall–Kier alpha value is 1.25. The van der Waals surface area contributed by atoms with E-state index in [-0.39, 0.29) is 19.0 Å². The minimum atomic E-state index is -0.00200. The molecule has 8 unspecified atom stereocenters. The molecule has 0 N–H and O–H groups in total. The maximum Gasteiger partial charge on any atom is 0.0529 e. The predicted octanol–water partition coefficient (Wildman–Crippen LogP) is 4.32. The smallest absolute Gasteiger partial charge is 0.0529 e. The fourth-order valence-corrected chi connectivity index (χ4v) is 12.0. The minimum Gasteiger partial charge on any atom is -0.383 e. The van der Waals surface area contributed by atoms with Crippen LogP contribution in [0.4, 0.5) is 0 Å². The maximum absolute atomic E-state index is 6.62. The number of fused-ring (bicyclic) bond motifs is 1. The van der Waals surface area contributed by atoms with Gasteiger partial charge in [-0.2, -0.15) is 0 Å². The summed E-state index contributed by atoms with van der Waals surface area (Å²) in [4.78, 5) is 0. The van der Waals surface area contributed by atoms with Crippen molar-refractivity contribution in [1.29, 1.82) is 0 Å². The third-order valence-corrected chi connectivity index (χ3v) is 12.9. The van der Waals surface area contributed by atoms with Crippen LogP contribution >= 0.6 is 17.2 Å². The van der Waals surface area contributed by atoms with Crippen molar-refractivity contribution in [3.63, 3.8) is 0 Å². The Morgan fingerprint density at radius 2 is 1.24 bits per heavy atom. The third-order valence-electron chi connectivity index (χ3n) is 6.70. The normalized spacial score (nSPS) is 37.0. The molecule has 5 heteroatoms. The fraction of sp³-hybridized carbons (Fsp3) is 1.00. The topological polar surface area (TPSA) is 9.23 Å². The zero-order valence-corrected chi connectivity index (χ0v) is 22.2. The second-order valence-electron chi connectivity index (χ2n) is 8.46. The van der Waals surface area contributed by atoms with E-state index < -0.39 is 0 Å². The van der Waals surface area contributed by atoms with Crippen LogP contribution in [0.5, 0.6) is 0 Å². The van der Waals surface area contributed by atoms with Crippen molar-refractivity contribution < 1.29 is 4.74 Å². The summed E-state index contributed by atoms with van der Waals surface area (Å²) in [6.45, 7) is 9.68. The Balaban J connectivity index is 1.94. The van der Waals surface area contributed by atoms with Gasteiger partial charge in [-0.1, -0.05) is 39.8 Å². The molecule has 0 radical (unpaired) electrons. The average molecular weight is 419 g/mol. The van der Waals surface area contributed by atoms with Gasteiger partial charge in [0, 0.05) is 11.5 Å². The highest BCUT2D eigenvalue weighted by Gasteiger charge is 2.48. The van der Waals surface area contributed by atoms with Gasteiger partial charge in [0.1, 0.15) is 0 Å². The Labute approximate surface area is 166 Å². The second kappa shape index (κ2) is 12.7. The van der Waals surface area contributed by atoms with Crippen molar-refractivity contribution in [2.24, 2.45) is 23.7 Å². The third kappa shape index (κ3) is 6.67. The van der Waals surface area contributed by atoms with E-state index in [9.17, 15) is 0 Å². The summed E-state index contributed by atoms with van der Waals surface area (Å²) in [6, 6.07) is 0. The highest BCUT2D eigenvalue weighted by Crippen LogP contribution is 2.49. The molecule has 2 fully saturated rings. The van der Waals surface area contributed by atoms with E-state index >= 15 is 0 Å². The lowest BCUT2D eigenvalue weighted by Crippen LogP contribution is -2.39. The van der Waals surface area contributed by atoms with Gasteiger partial charge in [-0.3, -0.25) is 0 Å². The van der Waals surface area contributed by atoms with E-state index in [4.69, 9.17) is 4.74 Å². The van der Waals surface area contributed by atoms with Crippen LogP contribution in [0, 0.1) is 23.7 Å². The standard InChI is InChI=1S/C20H44OP2Si2/c1-5-7-9-22-13-15-11-17-18(20(25-4)21-19(17)24-3)12-16(15)14-23-10-8-6-2/h15-20,22-23H,5-14,24-25H2,1-4H3. The van der Waals surface area contributed by atoms with E-state index in [1.807, 2.05) is 0 Å². The Morgan fingerprint density at radius 3 is 1.60 bits per heavy atom. The summed E-state index contributed by atoms with van der Waals surface area (Å²) < 4.78 is 6.62. The molecule has 1 nitrogen and oxygen atoms in total. The minimum absolute atomic E-state index is 0.00200. The lowest BCUT2D eigenvalue weighted by molar-refractivity contribution is 0.119. The van der Waals surface area contributed by atoms with Crippen molar-refractivity contribution in [2.45, 2.75) is 76.9 Å². The van der Waals surface area contributed by atoms with Crippen LogP contribution in [0.15, 0.2) is 0 Å². The summed E-state index contributed by atoms with van der Waals surface area (Å²) in [7, 11) is 2.46. The van der Waals surface area contributed by atoms with Gasteiger partial charge in [-0.05, 0) is 74.0 Å². The van der Waals surface area contributed by atoms with Gasteiger partial charge in [0.15, 0.2) is 0 Å². The van der Waals surface area contributed by atoms with E-state index in [2.05, 4.69) is 26.9 Å². The van der Waals surface area contributed by atoms with Crippen LogP contribution < -0.4 is 0 Å². The summed E-state index contributed by atoms with van der Waals surface area (Å²) in [5.74, 6) is 4.06. The number of unbranched alkanes of at least 4 members (excludes halogenated alkanes) is 2. The Bertz CT molecular complexity index is 327. The molecule has 1 aliphatic heterocycles. The zero-order chi connectivity index (χ0) is 18.1. The maximum atomic E-state index is 6.62. The quantitative estimate of drug-likeness (QED) is 0.261. The van der Waals surface area contributed by atoms with Crippen molar-refractivity contribution in [2.75, 3.05) is 24.6 Å². The number of hydrogen-bond donors (Lipinski definition) is 0. The van der Waals surface area contributed by atoms with Crippen LogP contribution in [0.1, 0.15) is 52.4 Å². The molecule has 0 bridgehead atoms. The number of ether oxygens (including phenoxy) is 1. The van der Waals surface area contributed by atoms with Crippen LogP contribution in [-0.4, -0.2) is 55.1 Å². The van der Waals surface area contributed by atoms with Crippen molar-refractivity contribution in [3.8, 4) is 0 Å². The molecule has 1 saturated carbocycles. The number of hydrogen-bond acceptors (Lipinski definition) is 1. The van der Waals surface area contributed by atoms with Crippen LogP contribution in [-0.2, 0) is 4.74 Å². The SMILES string of the molecule is CCCCPCC1CC2C([SiH2]C)OC([SiH2]C)C2CC1CPCCCC. The Kier molecular flexibility index (Phi) is 11.4. The Morgan fingerprint density at radius 1 is 0.800 bits per heavy atom. The molecule has 0 aromatic heterocycles. The molecule has 1 saturated heterocycles. The van der Waals surface area contributed by atoms with Gasteiger partial charge in [-0.15, -0.1) is 17.2 Å². The lowest BCUT2D eigenvalue weighted by Gasteiger charge is -2.40. The molecule has 0 spiro atoms. The highest BCUT2D eigenvalue weighted by molar-refractivity contribution is 7.38.